The van der Waals surface area contributed by atoms with Gasteiger partial charge in [0.2, 0.25) is 0 Å². The standard InChI is InChI=1S/C53H34N2O/c1-3-47-43(39-16-6-10-21-49(39)55(47)36-28-34-13-12-19-42-37-14-4-5-15-38(37)46(31-36)53(34)42)27-32(2)33-23-25-50-44(29-33)40-17-7-9-20-48(40)54(50)35-24-26-52-45(30-35)41-18-8-11-22-51(41)56-52/h3-31H,2H2,1H3/b43-27-,47-3+. The highest BCUT2D eigenvalue weighted by Gasteiger charge is 2.23. The summed E-state index contributed by atoms with van der Waals surface area (Å²) in [5.74, 6) is 0. The molecule has 3 nitrogen and oxygen atoms in total. The maximum atomic E-state index is 6.18. The first kappa shape index (κ1) is 31.0. The normalized spacial score (nSPS) is 13.0. The summed E-state index contributed by atoms with van der Waals surface area (Å²) in [6.45, 7) is 6.84. The first-order chi connectivity index (χ1) is 27.6. The molecule has 11 aromatic rings. The van der Waals surface area contributed by atoms with Gasteiger partial charge in [0.25, 0.3) is 0 Å². The molecular formula is C53H34N2O. The zero-order valence-corrected chi connectivity index (χ0v) is 30.8. The number of nitrogens with zero attached hydrogens (tertiary/aromatic N) is 2. The molecule has 12 rings (SSSR count). The van der Waals surface area contributed by atoms with E-state index < -0.39 is 0 Å². The molecule has 0 saturated heterocycles. The molecule has 3 heteroatoms. The van der Waals surface area contributed by atoms with E-state index in [0.29, 0.717) is 0 Å². The minimum absolute atomic E-state index is 0.897. The molecular weight excluding hydrogens is 681 g/mol. The van der Waals surface area contributed by atoms with Crippen molar-refractivity contribution in [1.82, 2.24) is 9.13 Å². The van der Waals surface area contributed by atoms with Gasteiger partial charge in [-0.1, -0.05) is 116 Å². The van der Waals surface area contributed by atoms with Gasteiger partial charge in [-0.3, -0.25) is 0 Å². The summed E-state index contributed by atoms with van der Waals surface area (Å²) in [6, 6.07) is 59.2. The Morgan fingerprint density at radius 3 is 2.02 bits per heavy atom. The highest BCUT2D eigenvalue weighted by atomic mass is 16.3. The van der Waals surface area contributed by atoms with E-state index in [1.807, 2.05) is 12.1 Å². The topological polar surface area (TPSA) is 23.0 Å². The molecule has 0 atom stereocenters. The summed E-state index contributed by atoms with van der Waals surface area (Å²) < 4.78 is 11.0. The molecule has 0 amide bonds. The second kappa shape index (κ2) is 11.6. The van der Waals surface area contributed by atoms with Crippen molar-refractivity contribution >= 4 is 83.1 Å². The van der Waals surface area contributed by atoms with E-state index in [1.165, 1.54) is 65.4 Å². The number of hydrogen-bond donors (Lipinski definition) is 0. The fourth-order valence-corrected chi connectivity index (χ4v) is 9.49. The zero-order valence-electron chi connectivity index (χ0n) is 30.8. The van der Waals surface area contributed by atoms with Crippen LogP contribution in [0.3, 0.4) is 0 Å². The number of fused-ring (bicyclic) bond motifs is 10. The van der Waals surface area contributed by atoms with Crippen molar-refractivity contribution < 1.29 is 4.42 Å². The van der Waals surface area contributed by atoms with Crippen LogP contribution < -0.4 is 10.6 Å². The minimum atomic E-state index is 0.897. The molecule has 8 aromatic carbocycles. The number of allylic oxidation sites excluding steroid dienone is 1. The van der Waals surface area contributed by atoms with Crippen LogP contribution in [0.1, 0.15) is 12.5 Å². The van der Waals surface area contributed by atoms with E-state index in [9.17, 15) is 0 Å². The fourth-order valence-electron chi connectivity index (χ4n) is 9.49. The maximum absolute atomic E-state index is 6.18. The van der Waals surface area contributed by atoms with Crippen LogP contribution in [0.15, 0.2) is 175 Å². The third kappa shape index (κ3) is 4.28. The molecule has 0 fully saturated rings. The third-order valence-corrected chi connectivity index (χ3v) is 11.9. The van der Waals surface area contributed by atoms with E-state index in [1.54, 1.807) is 0 Å². The number of rotatable bonds is 4. The molecule has 0 spiro atoms. The largest absolute Gasteiger partial charge is 0.456 e. The van der Waals surface area contributed by atoms with E-state index in [-0.39, 0.29) is 0 Å². The molecule has 3 heterocycles. The highest BCUT2D eigenvalue weighted by molar-refractivity contribution is 6.16. The smallest absolute Gasteiger partial charge is 0.135 e. The van der Waals surface area contributed by atoms with Crippen LogP contribution >= 0.6 is 0 Å². The van der Waals surface area contributed by atoms with Gasteiger partial charge in [-0.05, 0) is 118 Å². The van der Waals surface area contributed by atoms with Crippen molar-refractivity contribution in [3.8, 4) is 33.6 Å². The summed E-state index contributed by atoms with van der Waals surface area (Å²) in [5.41, 5.74) is 14.9. The molecule has 0 unspecified atom stereocenters. The molecule has 56 heavy (non-hydrogen) atoms. The summed E-state index contributed by atoms with van der Waals surface area (Å²) in [7, 11) is 0. The van der Waals surface area contributed by atoms with Crippen LogP contribution in [-0.2, 0) is 0 Å². The predicted octanol–water partition coefficient (Wildman–Crippen LogP) is 12.7. The number of para-hydroxylation sites is 3. The van der Waals surface area contributed by atoms with Gasteiger partial charge < -0.3 is 13.6 Å². The molecule has 3 aromatic heterocycles. The van der Waals surface area contributed by atoms with Gasteiger partial charge >= 0.3 is 0 Å². The van der Waals surface area contributed by atoms with Gasteiger partial charge in [-0.25, -0.2) is 0 Å². The second-order valence-electron chi connectivity index (χ2n) is 14.9. The van der Waals surface area contributed by atoms with Crippen LogP contribution in [-0.4, -0.2) is 9.13 Å². The quantitative estimate of drug-likeness (QED) is 0.178. The molecule has 1 aliphatic carbocycles. The first-order valence-corrected chi connectivity index (χ1v) is 19.2. The van der Waals surface area contributed by atoms with Crippen LogP contribution in [0.4, 0.5) is 0 Å². The third-order valence-electron chi connectivity index (χ3n) is 11.9. The molecule has 1 aliphatic rings. The summed E-state index contributed by atoms with van der Waals surface area (Å²) in [5, 5.41) is 10.8. The Labute approximate surface area is 322 Å². The Hall–Kier alpha value is -7.36. The SMILES string of the molecule is C=C(/C=c1\c(=C/C)n(-c2cc3c4c(cccc4c2)-c2ccccc2-3)c2ccccc12)c1ccc2c(c1)c1ccccc1n2-c1ccc2oc3ccccc3c2c1. The Balaban J connectivity index is 1.03. The average Bonchev–Trinajstić information content (AvgIpc) is 3.98. The molecule has 0 N–H and O–H groups in total. The van der Waals surface area contributed by atoms with E-state index in [2.05, 4.69) is 180 Å². The van der Waals surface area contributed by atoms with Crippen molar-refractivity contribution in [3.05, 3.63) is 187 Å². The van der Waals surface area contributed by atoms with Gasteiger partial charge in [0.15, 0.2) is 0 Å². The second-order valence-corrected chi connectivity index (χ2v) is 14.9. The first-order valence-electron chi connectivity index (χ1n) is 19.2. The molecule has 0 radical (unpaired) electrons. The average molecular weight is 715 g/mol. The lowest BCUT2D eigenvalue weighted by atomic mass is 10.0. The molecule has 262 valence electrons. The molecule has 0 aliphatic heterocycles. The maximum Gasteiger partial charge on any atom is 0.135 e. The monoisotopic (exact) mass is 714 g/mol. The molecule has 0 bridgehead atoms. The van der Waals surface area contributed by atoms with E-state index in [0.717, 1.165) is 55.3 Å². The van der Waals surface area contributed by atoms with Gasteiger partial charge in [0, 0.05) is 48.9 Å². The Kier molecular flexibility index (Phi) is 6.41. The Morgan fingerprint density at radius 2 is 1.18 bits per heavy atom. The van der Waals surface area contributed by atoms with E-state index >= 15 is 0 Å². The lowest BCUT2D eigenvalue weighted by Crippen LogP contribution is -2.28. The van der Waals surface area contributed by atoms with Gasteiger partial charge in [0.05, 0.1) is 16.6 Å². The highest BCUT2D eigenvalue weighted by Crippen LogP contribution is 2.48. The van der Waals surface area contributed by atoms with Crippen LogP contribution in [0.2, 0.25) is 0 Å². The zero-order chi connectivity index (χ0) is 37.1. The van der Waals surface area contributed by atoms with Gasteiger partial charge in [0.1, 0.15) is 11.2 Å². The number of benzene rings is 8. The van der Waals surface area contributed by atoms with Crippen molar-refractivity contribution in [2.45, 2.75) is 6.92 Å². The predicted molar refractivity (Wildman–Crippen MR) is 236 cm³/mol. The van der Waals surface area contributed by atoms with Crippen molar-refractivity contribution in [2.75, 3.05) is 0 Å². The van der Waals surface area contributed by atoms with Crippen molar-refractivity contribution in [1.29, 1.82) is 0 Å². The minimum Gasteiger partial charge on any atom is -0.456 e. The van der Waals surface area contributed by atoms with Gasteiger partial charge in [-0.2, -0.15) is 0 Å². The van der Waals surface area contributed by atoms with Crippen LogP contribution in [0, 0.1) is 0 Å². The van der Waals surface area contributed by atoms with Crippen molar-refractivity contribution in [2.24, 2.45) is 0 Å². The van der Waals surface area contributed by atoms with Crippen LogP contribution in [0.25, 0.3) is 117 Å². The number of hydrogen-bond acceptors (Lipinski definition) is 1. The van der Waals surface area contributed by atoms with Crippen LogP contribution in [0.5, 0.6) is 0 Å². The lowest BCUT2D eigenvalue weighted by Gasteiger charge is -2.11. The fraction of sp³-hybridized carbons (Fsp3) is 0.0189. The van der Waals surface area contributed by atoms with E-state index in [4.69, 9.17) is 11.0 Å². The van der Waals surface area contributed by atoms with Crippen molar-refractivity contribution in [3.63, 3.8) is 0 Å². The number of furan rings is 1. The Morgan fingerprint density at radius 1 is 0.500 bits per heavy atom. The number of aromatic nitrogens is 2. The molecule has 0 saturated carbocycles. The summed E-state index contributed by atoms with van der Waals surface area (Å²) >= 11 is 0. The van der Waals surface area contributed by atoms with Gasteiger partial charge in [-0.15, -0.1) is 0 Å². The summed E-state index contributed by atoms with van der Waals surface area (Å²) in [6.07, 6.45) is 4.52. The lowest BCUT2D eigenvalue weighted by molar-refractivity contribution is 0.669. The summed E-state index contributed by atoms with van der Waals surface area (Å²) in [4.78, 5) is 0. The Bertz CT molecular complexity index is 3630.